The maximum atomic E-state index is 12.9. The first-order chi connectivity index (χ1) is 12.2. The van der Waals surface area contributed by atoms with Crippen molar-refractivity contribution in [1.82, 2.24) is 20.0 Å². The number of hydrogen-bond acceptors (Lipinski definition) is 5. The fraction of sp³-hybridized carbons (Fsp3) is 0.947. The molecule has 0 radical (unpaired) electrons. The van der Waals surface area contributed by atoms with E-state index in [2.05, 4.69) is 20.0 Å². The Morgan fingerprint density at radius 1 is 1.04 bits per heavy atom. The number of nitrogens with one attached hydrogen (secondary N) is 1. The first kappa shape index (κ1) is 17.7. The Morgan fingerprint density at radius 2 is 1.72 bits per heavy atom. The van der Waals surface area contributed by atoms with Gasteiger partial charge in [-0.05, 0) is 50.6 Å². The van der Waals surface area contributed by atoms with Gasteiger partial charge in [0.05, 0.1) is 6.61 Å². The van der Waals surface area contributed by atoms with Crippen molar-refractivity contribution in [2.75, 3.05) is 65.5 Å². The average Bonchev–Trinajstić information content (AvgIpc) is 3.35. The van der Waals surface area contributed by atoms with Gasteiger partial charge in [-0.3, -0.25) is 14.6 Å². The number of hydrogen-bond donors (Lipinski definition) is 2. The number of carbonyl (C=O) groups excluding carboxylic acids is 1. The van der Waals surface area contributed by atoms with Crippen molar-refractivity contribution in [1.29, 1.82) is 0 Å². The highest BCUT2D eigenvalue weighted by Gasteiger charge is 2.58. The molecule has 4 fully saturated rings. The zero-order chi connectivity index (χ0) is 17.3. The number of nitrogens with zero attached hydrogens (tertiary/aromatic N) is 3. The lowest BCUT2D eigenvalue weighted by molar-refractivity contribution is -0.135. The predicted molar refractivity (Wildman–Crippen MR) is 97.3 cm³/mol. The largest absolute Gasteiger partial charge is 0.395 e. The Balaban J connectivity index is 1.22. The first-order valence-corrected chi connectivity index (χ1v) is 10.3. The molecule has 3 heterocycles. The molecule has 1 spiro atoms. The fourth-order valence-corrected chi connectivity index (χ4v) is 5.34. The Kier molecular flexibility index (Phi) is 5.32. The summed E-state index contributed by atoms with van der Waals surface area (Å²) in [5, 5.41) is 12.5. The zero-order valence-electron chi connectivity index (χ0n) is 15.5. The van der Waals surface area contributed by atoms with Crippen molar-refractivity contribution >= 4 is 5.91 Å². The molecule has 1 aliphatic carbocycles. The Labute approximate surface area is 151 Å². The minimum absolute atomic E-state index is 0.263. The van der Waals surface area contributed by atoms with E-state index in [1.165, 1.54) is 12.8 Å². The van der Waals surface area contributed by atoms with Gasteiger partial charge >= 0.3 is 0 Å². The first-order valence-electron chi connectivity index (χ1n) is 10.3. The molecule has 6 heteroatoms. The lowest BCUT2D eigenvalue weighted by atomic mass is 9.91. The third-order valence-corrected chi connectivity index (χ3v) is 7.20. The summed E-state index contributed by atoms with van der Waals surface area (Å²) >= 11 is 0. The molecule has 25 heavy (non-hydrogen) atoms. The number of rotatable bonds is 4. The van der Waals surface area contributed by atoms with Crippen molar-refractivity contribution < 1.29 is 9.90 Å². The van der Waals surface area contributed by atoms with Gasteiger partial charge in [-0.15, -0.1) is 0 Å². The number of piperazine rings is 1. The SMILES string of the molecule is O=C([C@H]1CC12CCNCC2)N1CCC(N2CCN(CCO)CC2)CC1. The number of aliphatic hydroxyl groups excluding tert-OH is 1. The van der Waals surface area contributed by atoms with E-state index in [-0.39, 0.29) is 6.61 Å². The van der Waals surface area contributed by atoms with E-state index >= 15 is 0 Å². The van der Waals surface area contributed by atoms with E-state index in [0.717, 1.165) is 78.2 Å². The van der Waals surface area contributed by atoms with Crippen molar-refractivity contribution in [3.8, 4) is 0 Å². The summed E-state index contributed by atoms with van der Waals surface area (Å²) in [5.74, 6) is 0.779. The van der Waals surface area contributed by atoms with Crippen LogP contribution in [0.25, 0.3) is 0 Å². The van der Waals surface area contributed by atoms with E-state index in [0.29, 0.717) is 23.3 Å². The van der Waals surface area contributed by atoms with Crippen molar-refractivity contribution in [2.45, 2.75) is 38.1 Å². The summed E-state index contributed by atoms with van der Waals surface area (Å²) in [6.07, 6.45) is 5.79. The molecule has 3 saturated heterocycles. The molecule has 2 N–H and O–H groups in total. The maximum Gasteiger partial charge on any atom is 0.226 e. The molecule has 0 aromatic carbocycles. The number of amides is 1. The molecule has 4 rings (SSSR count). The minimum atomic E-state index is 0.263. The number of likely N-dealkylation sites (tertiary alicyclic amines) is 1. The molecule has 0 unspecified atom stereocenters. The van der Waals surface area contributed by atoms with Gasteiger partial charge in [0.1, 0.15) is 0 Å². The van der Waals surface area contributed by atoms with E-state index < -0.39 is 0 Å². The van der Waals surface area contributed by atoms with E-state index in [9.17, 15) is 4.79 Å². The summed E-state index contributed by atoms with van der Waals surface area (Å²) < 4.78 is 0. The molecule has 3 aliphatic heterocycles. The highest BCUT2D eigenvalue weighted by molar-refractivity contribution is 5.82. The van der Waals surface area contributed by atoms with Crippen molar-refractivity contribution in [2.24, 2.45) is 11.3 Å². The molecule has 6 nitrogen and oxygen atoms in total. The quantitative estimate of drug-likeness (QED) is 0.746. The van der Waals surface area contributed by atoms with Gasteiger partial charge < -0.3 is 15.3 Å². The van der Waals surface area contributed by atoms with Crippen LogP contribution < -0.4 is 5.32 Å². The van der Waals surface area contributed by atoms with Gasteiger partial charge in [-0.25, -0.2) is 0 Å². The second kappa shape index (κ2) is 7.51. The van der Waals surface area contributed by atoms with Gasteiger partial charge in [-0.1, -0.05) is 0 Å². The van der Waals surface area contributed by atoms with E-state index in [1.807, 2.05) is 0 Å². The van der Waals surface area contributed by atoms with Crippen LogP contribution in [0, 0.1) is 11.3 Å². The van der Waals surface area contributed by atoms with Gasteiger partial charge in [0.25, 0.3) is 0 Å². The van der Waals surface area contributed by atoms with Gasteiger partial charge in [-0.2, -0.15) is 0 Å². The minimum Gasteiger partial charge on any atom is -0.395 e. The van der Waals surface area contributed by atoms with Crippen LogP contribution in [0.5, 0.6) is 0 Å². The molecule has 1 saturated carbocycles. The second-order valence-electron chi connectivity index (χ2n) is 8.53. The predicted octanol–water partition coefficient (Wildman–Crippen LogP) is -0.0230. The molecular weight excluding hydrogens is 316 g/mol. The Hall–Kier alpha value is -0.690. The highest BCUT2D eigenvalue weighted by atomic mass is 16.3. The van der Waals surface area contributed by atoms with Crippen molar-refractivity contribution in [3.05, 3.63) is 0 Å². The van der Waals surface area contributed by atoms with Crippen LogP contribution in [0.1, 0.15) is 32.1 Å². The van der Waals surface area contributed by atoms with Gasteiger partial charge in [0.15, 0.2) is 0 Å². The number of carbonyl (C=O) groups is 1. The second-order valence-corrected chi connectivity index (χ2v) is 8.53. The smallest absolute Gasteiger partial charge is 0.226 e. The van der Waals surface area contributed by atoms with Gasteiger partial charge in [0.2, 0.25) is 5.91 Å². The number of aliphatic hydroxyl groups is 1. The Morgan fingerprint density at radius 3 is 2.36 bits per heavy atom. The lowest BCUT2D eigenvalue weighted by Crippen LogP contribution is -2.54. The molecule has 1 atom stereocenters. The molecule has 142 valence electrons. The normalized spacial score (nSPS) is 31.4. The summed E-state index contributed by atoms with van der Waals surface area (Å²) in [4.78, 5) is 20.0. The molecule has 0 aromatic heterocycles. The fourth-order valence-electron chi connectivity index (χ4n) is 5.34. The number of piperidine rings is 2. The summed E-state index contributed by atoms with van der Waals surface area (Å²) in [5.41, 5.74) is 0.363. The standard InChI is InChI=1S/C19H34N4O2/c24-14-13-21-9-11-22(12-10-21)16-1-7-23(8-2-16)18(25)17-15-19(17)3-5-20-6-4-19/h16-17,20,24H,1-15H2/t17-/m1/s1. The lowest BCUT2D eigenvalue weighted by Gasteiger charge is -2.43. The molecule has 4 aliphatic rings. The van der Waals surface area contributed by atoms with Crippen LogP contribution in [0.2, 0.25) is 0 Å². The van der Waals surface area contributed by atoms with E-state index in [4.69, 9.17) is 5.11 Å². The van der Waals surface area contributed by atoms with Crippen LogP contribution in [0.15, 0.2) is 0 Å². The van der Waals surface area contributed by atoms with Crippen LogP contribution in [-0.4, -0.2) is 97.3 Å². The Bertz CT molecular complexity index is 464. The monoisotopic (exact) mass is 350 g/mol. The average molecular weight is 351 g/mol. The van der Waals surface area contributed by atoms with Crippen LogP contribution in [0.3, 0.4) is 0 Å². The molecular formula is C19H34N4O2. The van der Waals surface area contributed by atoms with Crippen LogP contribution in [-0.2, 0) is 4.79 Å². The third-order valence-electron chi connectivity index (χ3n) is 7.20. The molecule has 1 amide bonds. The number of β-amino-alcohol motifs (C(OH)–C–C–N with tert-alkyl or cyclic N) is 1. The highest BCUT2D eigenvalue weighted by Crippen LogP contribution is 2.59. The van der Waals surface area contributed by atoms with E-state index in [1.54, 1.807) is 0 Å². The summed E-state index contributed by atoms with van der Waals surface area (Å²) in [6, 6.07) is 0.646. The zero-order valence-corrected chi connectivity index (χ0v) is 15.5. The van der Waals surface area contributed by atoms with Crippen molar-refractivity contribution in [3.63, 3.8) is 0 Å². The molecule has 0 aromatic rings. The molecule has 0 bridgehead atoms. The van der Waals surface area contributed by atoms with Crippen LogP contribution >= 0.6 is 0 Å². The third kappa shape index (κ3) is 3.72. The topological polar surface area (TPSA) is 59.1 Å². The summed E-state index contributed by atoms with van der Waals surface area (Å²) in [7, 11) is 0. The van der Waals surface area contributed by atoms with Crippen LogP contribution in [0.4, 0.5) is 0 Å². The summed E-state index contributed by atoms with van der Waals surface area (Å²) in [6.45, 7) is 9.50. The van der Waals surface area contributed by atoms with Gasteiger partial charge in [0, 0.05) is 57.8 Å². The maximum absolute atomic E-state index is 12.9.